The first-order chi connectivity index (χ1) is 15.1. The smallest absolute Gasteiger partial charge is 0.225 e. The molecule has 0 aliphatic carbocycles. The van der Waals surface area contributed by atoms with Crippen LogP contribution in [0, 0.1) is 5.82 Å². The van der Waals surface area contributed by atoms with Crippen LogP contribution in [0.15, 0.2) is 35.7 Å². The van der Waals surface area contributed by atoms with Gasteiger partial charge in [-0.05, 0) is 18.1 Å². The van der Waals surface area contributed by atoms with Crippen LogP contribution in [-0.2, 0) is 20.6 Å². The Hall–Kier alpha value is -2.36. The average Bonchev–Trinajstić information content (AvgIpc) is 2.67. The molecule has 2 fully saturated rings. The zero-order valence-corrected chi connectivity index (χ0v) is 20.4. The van der Waals surface area contributed by atoms with Crippen molar-refractivity contribution in [1.82, 2.24) is 9.97 Å². The van der Waals surface area contributed by atoms with E-state index in [9.17, 15) is 0 Å². The molecule has 2 saturated heterocycles. The number of aromatic nitrogens is 2. The summed E-state index contributed by atoms with van der Waals surface area (Å²) in [5.74, 6) is 0.315. The second kappa shape index (κ2) is 8.88. The van der Waals surface area contributed by atoms with Gasteiger partial charge in [-0.2, -0.15) is 0 Å². The summed E-state index contributed by atoms with van der Waals surface area (Å²) in [5, 5.41) is 4.22. The van der Waals surface area contributed by atoms with Gasteiger partial charge in [-0.3, -0.25) is 0 Å². The maximum atomic E-state index is 15.2. The minimum atomic E-state index is -1.96. The van der Waals surface area contributed by atoms with Crippen LogP contribution in [0.1, 0.15) is 26.3 Å². The molecule has 0 saturated carbocycles. The molecular weight excluding hydrogens is 427 g/mol. The van der Waals surface area contributed by atoms with E-state index in [2.05, 4.69) is 49.0 Å². The first kappa shape index (κ1) is 22.8. The maximum Gasteiger partial charge on any atom is 0.225 e. The molecule has 0 amide bonds. The normalized spacial score (nSPS) is 17.1. The molecule has 4 rings (SSSR count). The summed E-state index contributed by atoms with van der Waals surface area (Å²) in [6.07, 6.45) is 3.40. The molecule has 0 bridgehead atoms. The van der Waals surface area contributed by atoms with Gasteiger partial charge in [0.25, 0.3) is 0 Å². The van der Waals surface area contributed by atoms with Gasteiger partial charge in [0, 0.05) is 29.1 Å². The fraction of sp³-hybridized carbons (Fsp3) is 0.522. The number of ether oxygens (including phenoxy) is 1. The molecule has 1 aromatic carbocycles. The molecule has 1 aromatic heterocycles. The second-order valence-corrected chi connectivity index (χ2v) is 14.7. The van der Waals surface area contributed by atoms with Crippen molar-refractivity contribution in [2.45, 2.75) is 51.6 Å². The monoisotopic (exact) mass is 458 g/mol. The van der Waals surface area contributed by atoms with E-state index in [0.29, 0.717) is 48.9 Å². The number of rotatable bonds is 7. The highest BCUT2D eigenvalue weighted by Gasteiger charge is 2.37. The molecule has 2 aromatic rings. The molecule has 3 heterocycles. The Balaban J connectivity index is 1.39. The molecule has 32 heavy (non-hydrogen) atoms. The van der Waals surface area contributed by atoms with Crippen LogP contribution < -0.4 is 4.90 Å². The zero-order valence-electron chi connectivity index (χ0n) is 19.4. The highest BCUT2D eigenvalue weighted by Crippen LogP contribution is 2.37. The Morgan fingerprint density at radius 1 is 1.19 bits per heavy atom. The number of anilines is 1. The van der Waals surface area contributed by atoms with E-state index < -0.39 is 8.32 Å². The summed E-state index contributed by atoms with van der Waals surface area (Å²) >= 11 is 0. The second-order valence-electron chi connectivity index (χ2n) is 9.88. The lowest BCUT2D eigenvalue weighted by molar-refractivity contribution is -0.129. The van der Waals surface area contributed by atoms with Crippen molar-refractivity contribution in [3.05, 3.63) is 42.0 Å². The molecule has 172 valence electrons. The summed E-state index contributed by atoms with van der Waals surface area (Å²) in [4.78, 5) is 16.2. The van der Waals surface area contributed by atoms with Crippen molar-refractivity contribution in [2.24, 2.45) is 5.16 Å². The van der Waals surface area contributed by atoms with Crippen molar-refractivity contribution >= 4 is 20.0 Å². The minimum absolute atomic E-state index is 0.0733. The van der Waals surface area contributed by atoms with E-state index in [1.807, 2.05) is 11.0 Å². The summed E-state index contributed by atoms with van der Waals surface area (Å²) in [6, 6.07) is 5.38. The van der Waals surface area contributed by atoms with Gasteiger partial charge >= 0.3 is 0 Å². The number of halogens is 1. The van der Waals surface area contributed by atoms with E-state index in [0.717, 1.165) is 5.71 Å². The Morgan fingerprint density at radius 2 is 1.88 bits per heavy atom. The quantitative estimate of drug-likeness (QED) is 0.453. The standard InChI is InChI=1S/C23H31FN4O3Si/c1-23(2,3)32(4,5)30-13-16-7-6-8-20(21(16)24)17-9-25-22(26-10-17)28-11-18(12-28)27-31-19-14-29-15-19/h6-10,19H,11-15H2,1-5H3. The van der Waals surface area contributed by atoms with Gasteiger partial charge in [0.1, 0.15) is 5.82 Å². The summed E-state index contributed by atoms with van der Waals surface area (Å²) in [6.45, 7) is 13.6. The van der Waals surface area contributed by atoms with Crippen LogP contribution in [-0.4, -0.2) is 56.4 Å². The number of hydrogen-bond donors (Lipinski definition) is 0. The fourth-order valence-corrected chi connectivity index (χ4v) is 3.98. The van der Waals surface area contributed by atoms with Gasteiger partial charge < -0.3 is 18.9 Å². The Kier molecular flexibility index (Phi) is 6.33. The average molecular weight is 459 g/mol. The summed E-state index contributed by atoms with van der Waals surface area (Å²) in [5.41, 5.74) is 2.62. The third-order valence-corrected chi connectivity index (χ3v) is 10.9. The van der Waals surface area contributed by atoms with Crippen LogP contribution in [0.4, 0.5) is 10.3 Å². The topological polar surface area (TPSA) is 69.1 Å². The Bertz CT molecular complexity index is 980. The van der Waals surface area contributed by atoms with Crippen molar-refractivity contribution in [3.8, 4) is 11.1 Å². The molecule has 0 unspecified atom stereocenters. The molecule has 0 atom stereocenters. The van der Waals surface area contributed by atoms with Crippen LogP contribution >= 0.6 is 0 Å². The van der Waals surface area contributed by atoms with E-state index in [4.69, 9.17) is 14.0 Å². The Morgan fingerprint density at radius 3 is 2.47 bits per heavy atom. The number of oxime groups is 1. The molecular formula is C23H31FN4O3Si. The SMILES string of the molecule is CC(C)(C)[Si](C)(C)OCc1cccc(-c2cnc(N3CC(=NOC4COC4)C3)nc2)c1F. The van der Waals surface area contributed by atoms with Crippen molar-refractivity contribution < 1.29 is 18.4 Å². The first-order valence-electron chi connectivity index (χ1n) is 10.9. The summed E-state index contributed by atoms with van der Waals surface area (Å²) in [7, 11) is -1.96. The van der Waals surface area contributed by atoms with Gasteiger partial charge in [0.15, 0.2) is 14.4 Å². The van der Waals surface area contributed by atoms with Crippen LogP contribution in [0.25, 0.3) is 11.1 Å². The van der Waals surface area contributed by atoms with E-state index >= 15 is 4.39 Å². The lowest BCUT2D eigenvalue weighted by Crippen LogP contribution is -2.49. The lowest BCUT2D eigenvalue weighted by atomic mass is 10.1. The van der Waals surface area contributed by atoms with Crippen LogP contribution in [0.5, 0.6) is 0 Å². The molecule has 0 spiro atoms. The Labute approximate surface area is 189 Å². The van der Waals surface area contributed by atoms with Gasteiger partial charge in [-0.1, -0.05) is 44.1 Å². The van der Waals surface area contributed by atoms with Crippen molar-refractivity contribution in [3.63, 3.8) is 0 Å². The minimum Gasteiger partial charge on any atom is -0.412 e. The highest BCUT2D eigenvalue weighted by molar-refractivity contribution is 6.74. The third kappa shape index (κ3) is 4.84. The number of hydrogen-bond acceptors (Lipinski definition) is 7. The summed E-state index contributed by atoms with van der Waals surface area (Å²) < 4.78 is 26.5. The fourth-order valence-electron chi connectivity index (χ4n) is 3.03. The molecule has 0 radical (unpaired) electrons. The van der Waals surface area contributed by atoms with Gasteiger partial charge in [0.05, 0.1) is 38.6 Å². The predicted octanol–water partition coefficient (Wildman–Crippen LogP) is 4.40. The molecule has 2 aliphatic rings. The highest BCUT2D eigenvalue weighted by atomic mass is 28.4. The number of benzene rings is 1. The van der Waals surface area contributed by atoms with Gasteiger partial charge in [-0.15, -0.1) is 0 Å². The van der Waals surface area contributed by atoms with Crippen molar-refractivity contribution in [2.75, 3.05) is 31.2 Å². The number of nitrogens with zero attached hydrogens (tertiary/aromatic N) is 4. The predicted molar refractivity (Wildman–Crippen MR) is 125 cm³/mol. The van der Waals surface area contributed by atoms with E-state index in [1.54, 1.807) is 24.5 Å². The third-order valence-electron chi connectivity index (χ3n) is 6.39. The van der Waals surface area contributed by atoms with Gasteiger partial charge in [0.2, 0.25) is 5.95 Å². The lowest BCUT2D eigenvalue weighted by Gasteiger charge is -2.36. The largest absolute Gasteiger partial charge is 0.412 e. The van der Waals surface area contributed by atoms with E-state index in [-0.39, 0.29) is 23.6 Å². The van der Waals surface area contributed by atoms with Crippen LogP contribution in [0.2, 0.25) is 18.1 Å². The van der Waals surface area contributed by atoms with Crippen LogP contribution in [0.3, 0.4) is 0 Å². The zero-order chi connectivity index (χ0) is 22.9. The molecule has 0 N–H and O–H groups in total. The molecule has 9 heteroatoms. The van der Waals surface area contributed by atoms with Gasteiger partial charge in [-0.25, -0.2) is 14.4 Å². The van der Waals surface area contributed by atoms with E-state index in [1.165, 1.54) is 0 Å². The molecule has 2 aliphatic heterocycles. The first-order valence-corrected chi connectivity index (χ1v) is 13.8. The molecule has 7 nitrogen and oxygen atoms in total. The van der Waals surface area contributed by atoms with Crippen molar-refractivity contribution in [1.29, 1.82) is 0 Å². The maximum absolute atomic E-state index is 15.2.